The minimum atomic E-state index is -1.53. The highest BCUT2D eigenvalue weighted by molar-refractivity contribution is 6.24. The van der Waals surface area contributed by atoms with Crippen molar-refractivity contribution in [2.45, 2.75) is 39.3 Å². The Morgan fingerprint density at radius 2 is 1.60 bits per heavy atom. The number of carbonyl (C=O) groups is 3. The molecule has 30 heavy (non-hydrogen) atoms. The Balaban J connectivity index is 1.92. The van der Waals surface area contributed by atoms with Gasteiger partial charge in [0.25, 0.3) is 0 Å². The van der Waals surface area contributed by atoms with Crippen LogP contribution in [0.3, 0.4) is 0 Å². The van der Waals surface area contributed by atoms with Crippen LogP contribution in [-0.2, 0) is 14.4 Å². The molecule has 4 rings (SSSR count). The number of fused-ring (bicyclic) bond motifs is 1. The predicted octanol–water partition coefficient (Wildman–Crippen LogP) is 3.23. The molecule has 0 saturated carbocycles. The molecule has 6 heteroatoms. The van der Waals surface area contributed by atoms with Gasteiger partial charge in [-0.2, -0.15) is 0 Å². The van der Waals surface area contributed by atoms with Crippen LogP contribution in [0.25, 0.3) is 0 Å². The first-order valence-corrected chi connectivity index (χ1v) is 10.2. The number of hydrogen-bond acceptors (Lipinski definition) is 4. The standard InChI is InChI=1S/C24H26N2O4/c1-13(2)24(23(29)30)19-18(20(25-24)16-11-7-5-9-14(16)3)21(27)26(22(19)28)17-12-8-6-10-15(17)4/h5-13,18-20,25H,1-4H3,(H,29,30). The van der Waals surface area contributed by atoms with Gasteiger partial charge >= 0.3 is 5.97 Å². The number of imide groups is 1. The minimum absolute atomic E-state index is 0.344. The number of amides is 2. The molecule has 2 amide bonds. The number of carbonyl (C=O) groups excluding carboxylic acids is 2. The number of hydrogen-bond donors (Lipinski definition) is 2. The molecule has 2 saturated heterocycles. The number of nitrogens with one attached hydrogen (secondary N) is 1. The summed E-state index contributed by atoms with van der Waals surface area (Å²) < 4.78 is 0. The van der Waals surface area contributed by atoms with Crippen molar-refractivity contribution in [1.82, 2.24) is 5.32 Å². The summed E-state index contributed by atoms with van der Waals surface area (Å²) in [7, 11) is 0. The molecule has 2 heterocycles. The van der Waals surface area contributed by atoms with Crippen molar-refractivity contribution in [1.29, 1.82) is 0 Å². The molecule has 156 valence electrons. The summed E-state index contributed by atoms with van der Waals surface area (Å²) in [5, 5.41) is 13.5. The van der Waals surface area contributed by atoms with E-state index in [-0.39, 0.29) is 5.91 Å². The zero-order valence-corrected chi connectivity index (χ0v) is 17.5. The van der Waals surface area contributed by atoms with Gasteiger partial charge in [0.2, 0.25) is 11.8 Å². The minimum Gasteiger partial charge on any atom is -0.480 e. The molecule has 2 N–H and O–H groups in total. The number of aliphatic carboxylic acids is 1. The van der Waals surface area contributed by atoms with E-state index in [0.29, 0.717) is 5.69 Å². The first kappa shape index (κ1) is 20.3. The lowest BCUT2D eigenvalue weighted by molar-refractivity contribution is -0.151. The maximum absolute atomic E-state index is 13.7. The van der Waals surface area contributed by atoms with Gasteiger partial charge in [-0.3, -0.25) is 19.7 Å². The van der Waals surface area contributed by atoms with E-state index in [4.69, 9.17) is 0 Å². The predicted molar refractivity (Wildman–Crippen MR) is 113 cm³/mol. The average Bonchev–Trinajstić information content (AvgIpc) is 3.18. The number of carboxylic acids is 1. The smallest absolute Gasteiger partial charge is 0.325 e. The van der Waals surface area contributed by atoms with E-state index in [2.05, 4.69) is 5.32 Å². The number of carboxylic acid groups (broad SMARTS) is 1. The average molecular weight is 406 g/mol. The van der Waals surface area contributed by atoms with Crippen LogP contribution in [0.2, 0.25) is 0 Å². The topological polar surface area (TPSA) is 86.7 Å². The maximum Gasteiger partial charge on any atom is 0.325 e. The third-order valence-corrected chi connectivity index (χ3v) is 6.74. The third kappa shape index (κ3) is 2.63. The Labute approximate surface area is 175 Å². The van der Waals surface area contributed by atoms with E-state index in [1.165, 1.54) is 4.90 Å². The van der Waals surface area contributed by atoms with Crippen molar-refractivity contribution in [2.24, 2.45) is 17.8 Å². The molecule has 2 aromatic carbocycles. The van der Waals surface area contributed by atoms with Gasteiger partial charge in [-0.1, -0.05) is 56.3 Å². The first-order valence-electron chi connectivity index (χ1n) is 10.2. The van der Waals surface area contributed by atoms with Gasteiger partial charge in [-0.05, 0) is 42.5 Å². The monoisotopic (exact) mass is 406 g/mol. The van der Waals surface area contributed by atoms with E-state index in [9.17, 15) is 19.5 Å². The second-order valence-electron chi connectivity index (χ2n) is 8.61. The first-order chi connectivity index (χ1) is 14.2. The number of anilines is 1. The molecule has 4 unspecified atom stereocenters. The molecule has 2 aliphatic heterocycles. The number of nitrogens with zero attached hydrogens (tertiary/aromatic N) is 1. The van der Waals surface area contributed by atoms with Gasteiger partial charge in [0, 0.05) is 6.04 Å². The summed E-state index contributed by atoms with van der Waals surface area (Å²) in [6.45, 7) is 7.34. The van der Waals surface area contributed by atoms with Crippen molar-refractivity contribution in [3.05, 3.63) is 65.2 Å². The van der Waals surface area contributed by atoms with E-state index in [0.717, 1.165) is 16.7 Å². The zero-order chi connectivity index (χ0) is 21.8. The lowest BCUT2D eigenvalue weighted by atomic mass is 9.73. The fourth-order valence-corrected chi connectivity index (χ4v) is 5.17. The molecule has 6 nitrogen and oxygen atoms in total. The Morgan fingerprint density at radius 1 is 1.00 bits per heavy atom. The second-order valence-corrected chi connectivity index (χ2v) is 8.61. The Morgan fingerprint density at radius 3 is 2.17 bits per heavy atom. The molecule has 2 fully saturated rings. The molecular weight excluding hydrogens is 380 g/mol. The highest BCUT2D eigenvalue weighted by atomic mass is 16.4. The largest absolute Gasteiger partial charge is 0.480 e. The molecule has 0 radical (unpaired) electrons. The SMILES string of the molecule is Cc1ccccc1C1NC(C(=O)O)(C(C)C)C2C(=O)N(c3ccccc3C)C(=O)C12. The summed E-state index contributed by atoms with van der Waals surface area (Å²) in [6.07, 6.45) is 0. The molecule has 0 aliphatic carbocycles. The lowest BCUT2D eigenvalue weighted by Crippen LogP contribution is -2.59. The number of para-hydroxylation sites is 1. The van der Waals surface area contributed by atoms with Crippen LogP contribution in [-0.4, -0.2) is 28.4 Å². The van der Waals surface area contributed by atoms with Crippen molar-refractivity contribution >= 4 is 23.5 Å². The summed E-state index contributed by atoms with van der Waals surface area (Å²) in [5.74, 6) is -4.05. The van der Waals surface area contributed by atoms with E-state index in [1.54, 1.807) is 26.0 Å². The van der Waals surface area contributed by atoms with Crippen LogP contribution in [0.5, 0.6) is 0 Å². The van der Waals surface area contributed by atoms with Crippen molar-refractivity contribution in [3.8, 4) is 0 Å². The lowest BCUT2D eigenvalue weighted by Gasteiger charge is -2.34. The molecule has 2 aromatic rings. The van der Waals surface area contributed by atoms with Crippen LogP contribution in [0, 0.1) is 31.6 Å². The molecule has 0 bridgehead atoms. The fourth-order valence-electron chi connectivity index (χ4n) is 5.17. The molecule has 4 atom stereocenters. The highest BCUT2D eigenvalue weighted by Crippen LogP contribution is 2.52. The van der Waals surface area contributed by atoms with Gasteiger partial charge in [0.05, 0.1) is 17.5 Å². The van der Waals surface area contributed by atoms with Gasteiger partial charge in [0.1, 0.15) is 5.54 Å². The molecule has 2 aliphatic rings. The quantitative estimate of drug-likeness (QED) is 0.762. The number of benzene rings is 2. The van der Waals surface area contributed by atoms with Crippen LogP contribution in [0.15, 0.2) is 48.5 Å². The van der Waals surface area contributed by atoms with Crippen molar-refractivity contribution < 1.29 is 19.5 Å². The summed E-state index contributed by atoms with van der Waals surface area (Å²) in [6, 6.07) is 14.3. The number of aryl methyl sites for hydroxylation is 2. The second kappa shape index (κ2) is 7.06. The summed E-state index contributed by atoms with van der Waals surface area (Å²) in [5.41, 5.74) is 1.60. The molecule has 0 spiro atoms. The number of rotatable bonds is 4. The third-order valence-electron chi connectivity index (χ3n) is 6.74. The highest BCUT2D eigenvalue weighted by Gasteiger charge is 2.69. The van der Waals surface area contributed by atoms with Crippen LogP contribution in [0.1, 0.15) is 36.6 Å². The van der Waals surface area contributed by atoms with Gasteiger partial charge in [-0.15, -0.1) is 0 Å². The molecular formula is C24H26N2O4. The van der Waals surface area contributed by atoms with Gasteiger partial charge in [0.15, 0.2) is 0 Å². The Kier molecular flexibility index (Phi) is 4.77. The maximum atomic E-state index is 13.7. The van der Waals surface area contributed by atoms with E-state index >= 15 is 0 Å². The normalized spacial score (nSPS) is 28.3. The zero-order valence-electron chi connectivity index (χ0n) is 17.5. The Hall–Kier alpha value is -2.99. The summed E-state index contributed by atoms with van der Waals surface area (Å²) in [4.78, 5) is 41.1. The van der Waals surface area contributed by atoms with E-state index < -0.39 is 41.2 Å². The van der Waals surface area contributed by atoms with Gasteiger partial charge in [-0.25, -0.2) is 4.90 Å². The fraction of sp³-hybridized carbons (Fsp3) is 0.375. The van der Waals surface area contributed by atoms with Crippen LogP contribution in [0.4, 0.5) is 5.69 Å². The van der Waals surface area contributed by atoms with E-state index in [1.807, 2.05) is 50.2 Å². The van der Waals surface area contributed by atoms with Gasteiger partial charge < -0.3 is 5.11 Å². The van der Waals surface area contributed by atoms with Crippen LogP contribution < -0.4 is 10.2 Å². The summed E-state index contributed by atoms with van der Waals surface area (Å²) >= 11 is 0. The molecule has 0 aromatic heterocycles. The Bertz CT molecular complexity index is 1050. The van der Waals surface area contributed by atoms with Crippen molar-refractivity contribution in [3.63, 3.8) is 0 Å². The van der Waals surface area contributed by atoms with Crippen molar-refractivity contribution in [2.75, 3.05) is 4.90 Å². The van der Waals surface area contributed by atoms with Crippen LogP contribution >= 0.6 is 0 Å².